The summed E-state index contributed by atoms with van der Waals surface area (Å²) in [5.41, 5.74) is 6.61. The van der Waals surface area contributed by atoms with Crippen LogP contribution in [0.25, 0.3) is 32.8 Å². The van der Waals surface area contributed by atoms with Gasteiger partial charge in [0.2, 0.25) is 0 Å². The van der Waals surface area contributed by atoms with Crippen molar-refractivity contribution in [2.75, 3.05) is 0 Å². The first-order chi connectivity index (χ1) is 10.8. The summed E-state index contributed by atoms with van der Waals surface area (Å²) in [7, 11) is 0. The highest BCUT2D eigenvalue weighted by Gasteiger charge is 2.21. The van der Waals surface area contributed by atoms with Gasteiger partial charge in [-0.25, -0.2) is 0 Å². The highest BCUT2D eigenvalue weighted by atomic mass is 14.7. The molecule has 1 aromatic heterocycles. The molecule has 0 spiro atoms. The van der Waals surface area contributed by atoms with Gasteiger partial charge in [-0.15, -0.1) is 0 Å². The summed E-state index contributed by atoms with van der Waals surface area (Å²) in [6.45, 7) is 2.18. The predicted octanol–water partition coefficient (Wildman–Crippen LogP) is 5.27. The molecule has 1 heteroatoms. The van der Waals surface area contributed by atoms with Gasteiger partial charge in [-0.1, -0.05) is 36.4 Å². The molecule has 5 rings (SSSR count). The Morgan fingerprint density at radius 3 is 2.68 bits per heavy atom. The van der Waals surface area contributed by atoms with Crippen LogP contribution in [0, 0.1) is 6.92 Å². The molecule has 1 heterocycles. The number of aromatic nitrogens is 1. The number of nitrogens with zero attached hydrogens (tertiary/aromatic N) is 1. The maximum atomic E-state index is 4.63. The topological polar surface area (TPSA) is 12.9 Å². The van der Waals surface area contributed by atoms with Crippen molar-refractivity contribution < 1.29 is 0 Å². The molecule has 0 amide bonds. The molecule has 0 saturated heterocycles. The maximum Gasteiger partial charge on any atom is 0.0743 e. The number of hydrogen-bond acceptors (Lipinski definition) is 1. The smallest absolute Gasteiger partial charge is 0.0743 e. The Hall–Kier alpha value is -2.67. The van der Waals surface area contributed by atoms with Gasteiger partial charge in [-0.05, 0) is 63.4 Å². The summed E-state index contributed by atoms with van der Waals surface area (Å²) in [5, 5.41) is 5.29. The predicted molar refractivity (Wildman–Crippen MR) is 92.2 cm³/mol. The monoisotopic (exact) mass is 281 g/mol. The maximum absolute atomic E-state index is 4.63. The van der Waals surface area contributed by atoms with Gasteiger partial charge >= 0.3 is 0 Å². The van der Waals surface area contributed by atoms with Gasteiger partial charge in [0.15, 0.2) is 0 Å². The largest absolute Gasteiger partial charge is 0.256 e. The van der Waals surface area contributed by atoms with E-state index in [1.165, 1.54) is 49.5 Å². The standard InChI is InChI=1S/C21H15N/c1-13-8-9-22-21-18(13)11-16-12-19-15(10-20(16)21)7-6-14-4-2-3-5-17(14)19/h2-10,12H,11H2,1H3. The van der Waals surface area contributed by atoms with E-state index in [9.17, 15) is 0 Å². The molecule has 0 atom stereocenters. The average molecular weight is 281 g/mol. The molecule has 0 N–H and O–H groups in total. The Morgan fingerprint density at radius 2 is 1.73 bits per heavy atom. The molecule has 22 heavy (non-hydrogen) atoms. The van der Waals surface area contributed by atoms with Crippen molar-refractivity contribution in [1.29, 1.82) is 0 Å². The van der Waals surface area contributed by atoms with Gasteiger partial charge in [0.05, 0.1) is 5.69 Å². The lowest BCUT2D eigenvalue weighted by Gasteiger charge is -2.07. The molecule has 0 fully saturated rings. The van der Waals surface area contributed by atoms with Crippen LogP contribution in [-0.4, -0.2) is 4.98 Å². The Bertz CT molecular complexity index is 1060. The zero-order valence-corrected chi connectivity index (χ0v) is 12.4. The molecule has 0 bridgehead atoms. The fraction of sp³-hybridized carbons (Fsp3) is 0.0952. The van der Waals surface area contributed by atoms with E-state index in [1.54, 1.807) is 0 Å². The molecular weight excluding hydrogens is 266 g/mol. The molecule has 1 nitrogen and oxygen atoms in total. The minimum Gasteiger partial charge on any atom is -0.256 e. The van der Waals surface area contributed by atoms with Crippen molar-refractivity contribution in [3.8, 4) is 11.3 Å². The Morgan fingerprint density at radius 1 is 0.864 bits per heavy atom. The highest BCUT2D eigenvalue weighted by molar-refractivity contribution is 6.09. The minimum absolute atomic E-state index is 1.00. The average Bonchev–Trinajstić information content (AvgIpc) is 2.92. The summed E-state index contributed by atoms with van der Waals surface area (Å²) in [6.07, 6.45) is 2.93. The number of rotatable bonds is 0. The summed E-state index contributed by atoms with van der Waals surface area (Å²) < 4.78 is 0. The van der Waals surface area contributed by atoms with Crippen molar-refractivity contribution in [2.45, 2.75) is 13.3 Å². The molecule has 104 valence electrons. The summed E-state index contributed by atoms with van der Waals surface area (Å²) in [5.74, 6) is 0. The van der Waals surface area contributed by atoms with Crippen LogP contribution in [0.1, 0.15) is 16.7 Å². The van der Waals surface area contributed by atoms with Gasteiger partial charge in [-0.3, -0.25) is 4.98 Å². The van der Waals surface area contributed by atoms with Crippen LogP contribution in [0.15, 0.2) is 60.8 Å². The first kappa shape index (κ1) is 11.9. The zero-order valence-electron chi connectivity index (χ0n) is 12.4. The first-order valence-corrected chi connectivity index (χ1v) is 7.70. The highest BCUT2D eigenvalue weighted by Crippen LogP contribution is 2.40. The molecule has 4 aromatic rings. The van der Waals surface area contributed by atoms with Crippen molar-refractivity contribution in [2.24, 2.45) is 0 Å². The van der Waals surface area contributed by atoms with Gasteiger partial charge in [0.1, 0.15) is 0 Å². The molecule has 3 aromatic carbocycles. The van der Waals surface area contributed by atoms with Crippen LogP contribution < -0.4 is 0 Å². The second-order valence-electron chi connectivity index (χ2n) is 6.15. The quantitative estimate of drug-likeness (QED) is 0.352. The Balaban J connectivity index is 1.88. The third-order valence-electron chi connectivity index (χ3n) is 4.88. The molecule has 1 aliphatic carbocycles. The zero-order chi connectivity index (χ0) is 14.7. The molecule has 0 saturated carbocycles. The lowest BCUT2D eigenvalue weighted by atomic mass is 9.97. The van der Waals surface area contributed by atoms with E-state index in [4.69, 9.17) is 0 Å². The fourth-order valence-electron chi connectivity index (χ4n) is 3.70. The molecule has 0 radical (unpaired) electrons. The lowest BCUT2D eigenvalue weighted by molar-refractivity contribution is 1.18. The number of fused-ring (bicyclic) bond motifs is 6. The first-order valence-electron chi connectivity index (χ1n) is 7.70. The van der Waals surface area contributed by atoms with Crippen LogP contribution in [-0.2, 0) is 6.42 Å². The normalized spacial score (nSPS) is 12.6. The van der Waals surface area contributed by atoms with Crippen LogP contribution in [0.4, 0.5) is 0 Å². The van der Waals surface area contributed by atoms with Gasteiger partial charge in [0.25, 0.3) is 0 Å². The van der Waals surface area contributed by atoms with E-state index < -0.39 is 0 Å². The fourth-order valence-corrected chi connectivity index (χ4v) is 3.70. The second-order valence-corrected chi connectivity index (χ2v) is 6.15. The van der Waals surface area contributed by atoms with Crippen LogP contribution >= 0.6 is 0 Å². The Labute approximate surface area is 129 Å². The summed E-state index contributed by atoms with van der Waals surface area (Å²) in [4.78, 5) is 4.63. The summed E-state index contributed by atoms with van der Waals surface area (Å²) in [6, 6.07) is 19.9. The lowest BCUT2D eigenvalue weighted by Crippen LogP contribution is -1.87. The molecule has 0 unspecified atom stereocenters. The minimum atomic E-state index is 1.00. The SMILES string of the molecule is Cc1ccnc2c1Cc1cc3c(ccc4ccccc43)cc1-2. The molecule has 0 aliphatic heterocycles. The van der Waals surface area contributed by atoms with Crippen molar-refractivity contribution in [3.05, 3.63) is 77.5 Å². The van der Waals surface area contributed by atoms with E-state index in [-0.39, 0.29) is 0 Å². The van der Waals surface area contributed by atoms with Crippen molar-refractivity contribution in [3.63, 3.8) is 0 Å². The van der Waals surface area contributed by atoms with Gasteiger partial charge in [-0.2, -0.15) is 0 Å². The van der Waals surface area contributed by atoms with E-state index >= 15 is 0 Å². The van der Waals surface area contributed by atoms with E-state index in [0.29, 0.717) is 0 Å². The number of benzene rings is 3. The third-order valence-corrected chi connectivity index (χ3v) is 4.88. The van der Waals surface area contributed by atoms with E-state index in [0.717, 1.165) is 6.42 Å². The molecular formula is C21H15N. The third kappa shape index (κ3) is 1.51. The number of hydrogen-bond donors (Lipinski definition) is 0. The number of pyridine rings is 1. The van der Waals surface area contributed by atoms with Crippen LogP contribution in [0.3, 0.4) is 0 Å². The number of aryl methyl sites for hydroxylation is 1. The van der Waals surface area contributed by atoms with Gasteiger partial charge in [0, 0.05) is 18.2 Å². The van der Waals surface area contributed by atoms with E-state index in [2.05, 4.69) is 66.5 Å². The molecule has 1 aliphatic rings. The van der Waals surface area contributed by atoms with Crippen LogP contribution in [0.5, 0.6) is 0 Å². The van der Waals surface area contributed by atoms with Crippen molar-refractivity contribution >= 4 is 21.5 Å². The van der Waals surface area contributed by atoms with Crippen LogP contribution in [0.2, 0.25) is 0 Å². The van der Waals surface area contributed by atoms with Gasteiger partial charge < -0.3 is 0 Å². The summed E-state index contributed by atoms with van der Waals surface area (Å²) >= 11 is 0. The second kappa shape index (κ2) is 4.17. The van der Waals surface area contributed by atoms with E-state index in [1.807, 2.05) is 6.20 Å². The Kier molecular flexibility index (Phi) is 2.26. The van der Waals surface area contributed by atoms with Crippen molar-refractivity contribution in [1.82, 2.24) is 4.98 Å².